The lowest BCUT2D eigenvalue weighted by Crippen LogP contribution is -2.25. The van der Waals surface area contributed by atoms with Crippen LogP contribution in [0.25, 0.3) is 0 Å². The normalized spacial score (nSPS) is 12.7. The smallest absolute Gasteiger partial charge is 0.161 e. The molecule has 0 spiro atoms. The number of rotatable bonds is 9. The van der Waals surface area contributed by atoms with Crippen molar-refractivity contribution in [3.8, 4) is 5.75 Å². The zero-order chi connectivity index (χ0) is 13.4. The van der Waals surface area contributed by atoms with Gasteiger partial charge in [-0.3, -0.25) is 4.68 Å². The van der Waals surface area contributed by atoms with Crippen molar-refractivity contribution in [2.75, 3.05) is 27.4 Å². The maximum absolute atomic E-state index is 5.63. The Hall–Kier alpha value is -1.07. The van der Waals surface area contributed by atoms with Crippen molar-refractivity contribution in [2.24, 2.45) is 0 Å². The molecule has 0 amide bonds. The second-order valence-corrected chi connectivity index (χ2v) is 4.24. The molecule has 1 atom stereocenters. The Bertz CT molecular complexity index is 339. The third kappa shape index (κ3) is 3.71. The van der Waals surface area contributed by atoms with Crippen molar-refractivity contribution < 1.29 is 9.47 Å². The van der Waals surface area contributed by atoms with Crippen molar-refractivity contribution in [3.63, 3.8) is 0 Å². The van der Waals surface area contributed by atoms with E-state index < -0.39 is 0 Å². The number of hydrogen-bond donors (Lipinski definition) is 1. The van der Waals surface area contributed by atoms with Crippen LogP contribution in [0.1, 0.15) is 38.4 Å². The summed E-state index contributed by atoms with van der Waals surface area (Å²) < 4.78 is 13.0. The number of aromatic nitrogens is 2. The number of hydrogen-bond acceptors (Lipinski definition) is 4. The summed E-state index contributed by atoms with van der Waals surface area (Å²) in [7, 11) is 3.61. The fourth-order valence-electron chi connectivity index (χ4n) is 1.92. The topological polar surface area (TPSA) is 48.3 Å². The van der Waals surface area contributed by atoms with Gasteiger partial charge in [0.2, 0.25) is 0 Å². The van der Waals surface area contributed by atoms with E-state index in [1.54, 1.807) is 13.3 Å². The zero-order valence-electron chi connectivity index (χ0n) is 11.9. The molecule has 1 N–H and O–H groups in total. The number of aryl methyl sites for hydroxylation is 1. The lowest BCUT2D eigenvalue weighted by Gasteiger charge is -2.19. The highest BCUT2D eigenvalue weighted by Gasteiger charge is 2.20. The first-order valence-electron chi connectivity index (χ1n) is 6.63. The number of nitrogens with zero attached hydrogens (tertiary/aromatic N) is 2. The molecule has 0 aliphatic heterocycles. The molecule has 5 nitrogen and oxygen atoms in total. The van der Waals surface area contributed by atoms with Crippen LogP contribution in [0.2, 0.25) is 0 Å². The third-order valence-corrected chi connectivity index (χ3v) is 2.81. The highest BCUT2D eigenvalue weighted by molar-refractivity contribution is 5.28. The minimum absolute atomic E-state index is 0.112. The molecule has 1 rings (SSSR count). The van der Waals surface area contributed by atoms with Gasteiger partial charge in [0, 0.05) is 13.2 Å². The first-order valence-corrected chi connectivity index (χ1v) is 6.63. The van der Waals surface area contributed by atoms with Gasteiger partial charge in [-0.15, -0.1) is 0 Å². The van der Waals surface area contributed by atoms with Crippen LogP contribution in [-0.2, 0) is 11.3 Å². The fourth-order valence-corrected chi connectivity index (χ4v) is 1.92. The first kappa shape index (κ1) is 15.0. The van der Waals surface area contributed by atoms with Gasteiger partial charge in [-0.2, -0.15) is 5.10 Å². The lowest BCUT2D eigenvalue weighted by molar-refractivity contribution is 0.111. The van der Waals surface area contributed by atoms with E-state index in [-0.39, 0.29) is 6.04 Å². The molecule has 0 fully saturated rings. The van der Waals surface area contributed by atoms with E-state index in [4.69, 9.17) is 9.47 Å². The van der Waals surface area contributed by atoms with Gasteiger partial charge in [0.25, 0.3) is 0 Å². The Morgan fingerprint density at radius 2 is 2.17 bits per heavy atom. The van der Waals surface area contributed by atoms with Gasteiger partial charge >= 0.3 is 0 Å². The summed E-state index contributed by atoms with van der Waals surface area (Å²) in [4.78, 5) is 0. The van der Waals surface area contributed by atoms with Gasteiger partial charge in [0.15, 0.2) is 5.75 Å². The molecular formula is C13H25N3O2. The predicted octanol–water partition coefficient (Wildman–Crippen LogP) is 1.99. The minimum Gasteiger partial charge on any atom is -0.493 e. The quantitative estimate of drug-likeness (QED) is 0.686. The Kier molecular flexibility index (Phi) is 6.75. The highest BCUT2D eigenvalue weighted by atomic mass is 16.5. The maximum atomic E-state index is 5.63. The standard InChI is InChI=1S/C13H25N3O2/c1-5-7-16-13(12(17-4)9-15-16)11(14-3)10-18-8-6-2/h9,11,14H,5-8,10H2,1-4H3. The van der Waals surface area contributed by atoms with Crippen LogP contribution < -0.4 is 10.1 Å². The van der Waals surface area contributed by atoms with Crippen molar-refractivity contribution in [3.05, 3.63) is 11.9 Å². The van der Waals surface area contributed by atoms with E-state index in [0.29, 0.717) is 6.61 Å². The summed E-state index contributed by atoms with van der Waals surface area (Å²) in [5, 5.41) is 7.64. The van der Waals surface area contributed by atoms with Crippen molar-refractivity contribution in [2.45, 2.75) is 39.3 Å². The molecule has 0 aromatic carbocycles. The van der Waals surface area contributed by atoms with Crippen LogP contribution in [-0.4, -0.2) is 37.2 Å². The molecule has 1 unspecified atom stereocenters. The monoisotopic (exact) mass is 255 g/mol. The molecule has 18 heavy (non-hydrogen) atoms. The van der Waals surface area contributed by atoms with Crippen LogP contribution in [0.3, 0.4) is 0 Å². The average molecular weight is 255 g/mol. The van der Waals surface area contributed by atoms with Gasteiger partial charge in [-0.05, 0) is 19.9 Å². The minimum atomic E-state index is 0.112. The lowest BCUT2D eigenvalue weighted by atomic mass is 10.2. The number of nitrogens with one attached hydrogen (secondary N) is 1. The summed E-state index contributed by atoms with van der Waals surface area (Å²) in [5.74, 6) is 0.822. The van der Waals surface area contributed by atoms with Crippen LogP contribution in [0, 0.1) is 0 Å². The molecule has 1 aromatic heterocycles. The van der Waals surface area contributed by atoms with Gasteiger partial charge in [0.05, 0.1) is 31.6 Å². The van der Waals surface area contributed by atoms with Crippen molar-refractivity contribution in [1.82, 2.24) is 15.1 Å². The first-order chi connectivity index (χ1) is 8.78. The van der Waals surface area contributed by atoms with Gasteiger partial charge < -0.3 is 14.8 Å². The van der Waals surface area contributed by atoms with Crippen LogP contribution in [0.4, 0.5) is 0 Å². The van der Waals surface area contributed by atoms with E-state index >= 15 is 0 Å². The molecule has 0 aliphatic rings. The Balaban J connectivity index is 2.83. The second-order valence-electron chi connectivity index (χ2n) is 4.24. The summed E-state index contributed by atoms with van der Waals surface area (Å²) in [5.41, 5.74) is 1.07. The summed E-state index contributed by atoms with van der Waals surface area (Å²) >= 11 is 0. The third-order valence-electron chi connectivity index (χ3n) is 2.81. The Morgan fingerprint density at radius 3 is 2.72 bits per heavy atom. The zero-order valence-corrected chi connectivity index (χ0v) is 11.9. The molecule has 0 radical (unpaired) electrons. The molecule has 0 bridgehead atoms. The Morgan fingerprint density at radius 1 is 1.39 bits per heavy atom. The van der Waals surface area contributed by atoms with E-state index in [1.807, 2.05) is 11.7 Å². The van der Waals surface area contributed by atoms with Gasteiger partial charge in [0.1, 0.15) is 0 Å². The van der Waals surface area contributed by atoms with Crippen molar-refractivity contribution in [1.29, 1.82) is 0 Å². The van der Waals surface area contributed by atoms with E-state index in [2.05, 4.69) is 24.3 Å². The van der Waals surface area contributed by atoms with Crippen LogP contribution in [0.15, 0.2) is 6.20 Å². The van der Waals surface area contributed by atoms with Crippen molar-refractivity contribution >= 4 is 0 Å². The summed E-state index contributed by atoms with van der Waals surface area (Å²) in [6, 6.07) is 0.112. The van der Waals surface area contributed by atoms with E-state index in [0.717, 1.165) is 37.4 Å². The Labute approximate surface area is 109 Å². The van der Waals surface area contributed by atoms with E-state index in [9.17, 15) is 0 Å². The molecule has 0 saturated carbocycles. The molecule has 104 valence electrons. The number of likely N-dealkylation sites (N-methyl/N-ethyl adjacent to an activating group) is 1. The fraction of sp³-hybridized carbons (Fsp3) is 0.769. The van der Waals surface area contributed by atoms with Crippen LogP contribution in [0.5, 0.6) is 5.75 Å². The molecule has 1 heterocycles. The highest BCUT2D eigenvalue weighted by Crippen LogP contribution is 2.25. The molecule has 5 heteroatoms. The number of ether oxygens (including phenoxy) is 2. The largest absolute Gasteiger partial charge is 0.493 e. The molecule has 1 aromatic rings. The van der Waals surface area contributed by atoms with E-state index in [1.165, 1.54) is 0 Å². The predicted molar refractivity (Wildman–Crippen MR) is 72.0 cm³/mol. The van der Waals surface area contributed by atoms with Gasteiger partial charge in [-0.25, -0.2) is 0 Å². The maximum Gasteiger partial charge on any atom is 0.161 e. The van der Waals surface area contributed by atoms with Gasteiger partial charge in [-0.1, -0.05) is 13.8 Å². The second kappa shape index (κ2) is 8.11. The molecule has 0 saturated heterocycles. The summed E-state index contributed by atoms with van der Waals surface area (Å²) in [6.45, 7) is 6.55. The SMILES string of the molecule is CCCOCC(NC)c1c(OC)cnn1CCC. The summed E-state index contributed by atoms with van der Waals surface area (Å²) in [6.07, 6.45) is 3.85. The number of methoxy groups -OCH3 is 1. The molecule has 0 aliphatic carbocycles. The molecular weight excluding hydrogens is 230 g/mol. The van der Waals surface area contributed by atoms with Crippen LogP contribution >= 0.6 is 0 Å². The average Bonchev–Trinajstić information content (AvgIpc) is 2.78.